The minimum absolute atomic E-state index is 0.0186. The maximum atomic E-state index is 13.0. The van der Waals surface area contributed by atoms with E-state index in [-0.39, 0.29) is 17.6 Å². The molecule has 0 saturated carbocycles. The Labute approximate surface area is 157 Å². The van der Waals surface area contributed by atoms with Crippen molar-refractivity contribution >= 4 is 22.6 Å². The van der Waals surface area contributed by atoms with E-state index in [1.165, 1.54) is 23.7 Å². The zero-order chi connectivity index (χ0) is 18.4. The molecule has 26 heavy (non-hydrogen) atoms. The fraction of sp³-hybridized carbons (Fsp3) is 0.526. The lowest BCUT2D eigenvalue weighted by Crippen LogP contribution is -2.43. The molecule has 0 aliphatic carbocycles. The number of piperidine rings is 1. The number of amides is 1. The topological polar surface area (TPSA) is 58.1 Å². The number of rotatable bonds is 7. The first-order valence-electron chi connectivity index (χ1n) is 9.25. The number of anilines is 1. The van der Waals surface area contributed by atoms with Crippen molar-refractivity contribution < 1.29 is 9.18 Å². The van der Waals surface area contributed by atoms with Gasteiger partial charge in [-0.3, -0.25) is 4.79 Å². The van der Waals surface area contributed by atoms with E-state index < -0.39 is 0 Å². The van der Waals surface area contributed by atoms with E-state index in [0.29, 0.717) is 13.0 Å². The lowest BCUT2D eigenvalue weighted by Gasteiger charge is -2.31. The highest BCUT2D eigenvalue weighted by Crippen LogP contribution is 2.25. The van der Waals surface area contributed by atoms with Gasteiger partial charge >= 0.3 is 0 Å². The molecule has 0 bridgehead atoms. The van der Waals surface area contributed by atoms with Crippen LogP contribution in [0.3, 0.4) is 0 Å². The second kappa shape index (κ2) is 9.07. The Kier molecular flexibility index (Phi) is 6.55. The van der Waals surface area contributed by atoms with Gasteiger partial charge in [-0.15, -0.1) is 0 Å². The summed E-state index contributed by atoms with van der Waals surface area (Å²) >= 11 is 1.37. The quantitative estimate of drug-likeness (QED) is 0.753. The first-order valence-corrected chi connectivity index (χ1v) is 10.0. The highest BCUT2D eigenvalue weighted by Gasteiger charge is 2.27. The summed E-state index contributed by atoms with van der Waals surface area (Å²) in [6, 6.07) is 6.42. The molecule has 1 aromatic carbocycles. The van der Waals surface area contributed by atoms with Crippen LogP contribution in [0.5, 0.6) is 0 Å². The fourth-order valence-corrected chi connectivity index (χ4v) is 3.85. The van der Waals surface area contributed by atoms with Crippen LogP contribution in [0.15, 0.2) is 24.3 Å². The van der Waals surface area contributed by atoms with Gasteiger partial charge in [-0.1, -0.05) is 25.5 Å². The normalized spacial score (nSPS) is 17.3. The monoisotopic (exact) mass is 376 g/mol. The van der Waals surface area contributed by atoms with Gasteiger partial charge in [-0.25, -0.2) is 9.37 Å². The summed E-state index contributed by atoms with van der Waals surface area (Å²) in [5.41, 5.74) is 0.988. The maximum absolute atomic E-state index is 13.0. The molecule has 1 fully saturated rings. The SMILES string of the molecule is CCCCNC(=O)[C@@H]1CCCN(c2nc(Cc3ccc(F)cc3)ns2)C1. The fourth-order valence-electron chi connectivity index (χ4n) is 3.13. The van der Waals surface area contributed by atoms with Gasteiger partial charge in [0.05, 0.1) is 5.92 Å². The average Bonchev–Trinajstić information content (AvgIpc) is 3.12. The number of aromatic nitrogens is 2. The third kappa shape index (κ3) is 5.00. The predicted octanol–water partition coefficient (Wildman–Crippen LogP) is 3.40. The Morgan fingerprint density at radius 2 is 2.19 bits per heavy atom. The molecule has 5 nitrogen and oxygen atoms in total. The van der Waals surface area contributed by atoms with Gasteiger partial charge in [-0.05, 0) is 37.0 Å². The summed E-state index contributed by atoms with van der Waals surface area (Å²) < 4.78 is 17.4. The van der Waals surface area contributed by atoms with E-state index in [1.807, 2.05) is 0 Å². The van der Waals surface area contributed by atoms with Crippen molar-refractivity contribution in [2.75, 3.05) is 24.5 Å². The van der Waals surface area contributed by atoms with Crippen LogP contribution in [0.1, 0.15) is 44.0 Å². The second-order valence-corrected chi connectivity index (χ2v) is 7.46. The largest absolute Gasteiger partial charge is 0.356 e. The van der Waals surface area contributed by atoms with Gasteiger partial charge in [0.15, 0.2) is 0 Å². The second-order valence-electron chi connectivity index (χ2n) is 6.73. The van der Waals surface area contributed by atoms with Crippen molar-refractivity contribution in [1.82, 2.24) is 14.7 Å². The minimum Gasteiger partial charge on any atom is -0.356 e. The standard InChI is InChI=1S/C19H25FN4OS/c1-2-3-10-21-18(25)15-5-4-11-24(13-15)19-22-17(23-26-19)12-14-6-8-16(20)9-7-14/h6-9,15H,2-5,10-13H2,1H3,(H,21,25)/t15-/m1/s1. The first-order chi connectivity index (χ1) is 12.7. The number of carbonyl (C=O) groups excluding carboxylic acids is 1. The summed E-state index contributed by atoms with van der Waals surface area (Å²) in [7, 11) is 0. The van der Waals surface area contributed by atoms with Crippen LogP contribution in [-0.2, 0) is 11.2 Å². The predicted molar refractivity (Wildman–Crippen MR) is 102 cm³/mol. The molecule has 1 N–H and O–H groups in total. The Morgan fingerprint density at radius 3 is 2.96 bits per heavy atom. The summed E-state index contributed by atoms with van der Waals surface area (Å²) in [6.07, 6.45) is 4.60. The molecule has 0 unspecified atom stereocenters. The first kappa shape index (κ1) is 18.8. The number of hydrogen-bond acceptors (Lipinski definition) is 5. The number of nitrogens with zero attached hydrogens (tertiary/aromatic N) is 3. The summed E-state index contributed by atoms with van der Waals surface area (Å²) in [5.74, 6) is 0.674. The summed E-state index contributed by atoms with van der Waals surface area (Å²) in [4.78, 5) is 19.1. The molecule has 1 aromatic heterocycles. The Balaban J connectivity index is 1.57. The Bertz CT molecular complexity index is 719. The van der Waals surface area contributed by atoms with Crippen LogP contribution in [0.4, 0.5) is 9.52 Å². The lowest BCUT2D eigenvalue weighted by molar-refractivity contribution is -0.125. The number of hydrogen-bond donors (Lipinski definition) is 1. The van der Waals surface area contributed by atoms with Gasteiger partial charge in [0.25, 0.3) is 0 Å². The third-order valence-corrected chi connectivity index (χ3v) is 5.44. The summed E-state index contributed by atoms with van der Waals surface area (Å²) in [6.45, 7) is 4.48. The molecule has 1 aliphatic rings. The lowest BCUT2D eigenvalue weighted by atomic mass is 9.97. The third-order valence-electron chi connectivity index (χ3n) is 4.63. The number of carbonyl (C=O) groups is 1. The zero-order valence-electron chi connectivity index (χ0n) is 15.1. The molecule has 1 atom stereocenters. The van der Waals surface area contributed by atoms with Crippen LogP contribution in [0, 0.1) is 11.7 Å². The van der Waals surface area contributed by atoms with Crippen LogP contribution < -0.4 is 10.2 Å². The number of unbranched alkanes of at least 4 members (excludes halogenated alkanes) is 1. The molecular formula is C19H25FN4OS. The molecule has 2 aromatic rings. The highest BCUT2D eigenvalue weighted by molar-refractivity contribution is 7.09. The van der Waals surface area contributed by atoms with Crippen LogP contribution in [0.2, 0.25) is 0 Å². The number of benzene rings is 1. The van der Waals surface area contributed by atoms with Gasteiger partial charge in [-0.2, -0.15) is 4.37 Å². The van der Waals surface area contributed by atoms with Crippen molar-refractivity contribution in [3.8, 4) is 0 Å². The van der Waals surface area contributed by atoms with E-state index in [4.69, 9.17) is 0 Å². The van der Waals surface area contributed by atoms with E-state index in [0.717, 1.165) is 55.3 Å². The Hall–Kier alpha value is -2.02. The average molecular weight is 377 g/mol. The van der Waals surface area contributed by atoms with Crippen LogP contribution in [-0.4, -0.2) is 34.9 Å². The Morgan fingerprint density at radius 1 is 1.38 bits per heavy atom. The van der Waals surface area contributed by atoms with E-state index in [2.05, 4.69) is 26.5 Å². The van der Waals surface area contributed by atoms with Crippen molar-refractivity contribution in [2.45, 2.75) is 39.0 Å². The van der Waals surface area contributed by atoms with Gasteiger partial charge in [0.2, 0.25) is 11.0 Å². The van der Waals surface area contributed by atoms with Gasteiger partial charge in [0, 0.05) is 37.6 Å². The molecule has 1 saturated heterocycles. The maximum Gasteiger partial charge on any atom is 0.224 e. The van der Waals surface area contributed by atoms with Crippen molar-refractivity contribution in [2.24, 2.45) is 5.92 Å². The molecule has 3 rings (SSSR count). The molecule has 7 heteroatoms. The van der Waals surface area contributed by atoms with E-state index >= 15 is 0 Å². The molecular weight excluding hydrogens is 351 g/mol. The van der Waals surface area contributed by atoms with E-state index in [1.54, 1.807) is 12.1 Å². The van der Waals surface area contributed by atoms with Crippen molar-refractivity contribution in [3.63, 3.8) is 0 Å². The van der Waals surface area contributed by atoms with Gasteiger partial charge in [0.1, 0.15) is 11.6 Å². The molecule has 0 radical (unpaired) electrons. The smallest absolute Gasteiger partial charge is 0.224 e. The number of nitrogens with one attached hydrogen (secondary N) is 1. The molecule has 140 valence electrons. The van der Waals surface area contributed by atoms with Crippen LogP contribution >= 0.6 is 11.5 Å². The van der Waals surface area contributed by atoms with Gasteiger partial charge < -0.3 is 10.2 Å². The van der Waals surface area contributed by atoms with Crippen LogP contribution in [0.25, 0.3) is 0 Å². The van der Waals surface area contributed by atoms with Crippen molar-refractivity contribution in [3.05, 3.63) is 41.5 Å². The number of halogens is 1. The highest BCUT2D eigenvalue weighted by atomic mass is 32.1. The molecule has 0 spiro atoms. The summed E-state index contributed by atoms with van der Waals surface area (Å²) in [5, 5.41) is 3.91. The van der Waals surface area contributed by atoms with Crippen molar-refractivity contribution in [1.29, 1.82) is 0 Å². The molecule has 1 amide bonds. The molecule has 1 aliphatic heterocycles. The molecule has 2 heterocycles. The zero-order valence-corrected chi connectivity index (χ0v) is 15.9. The van der Waals surface area contributed by atoms with E-state index in [9.17, 15) is 9.18 Å². The minimum atomic E-state index is -0.239.